The van der Waals surface area contributed by atoms with E-state index >= 15 is 0 Å². The Bertz CT molecular complexity index is 623. The van der Waals surface area contributed by atoms with Crippen molar-refractivity contribution in [3.05, 3.63) is 41.2 Å². The molecule has 6 nitrogen and oxygen atoms in total. The molecule has 132 valence electrons. The monoisotopic (exact) mass is 354 g/mol. The summed E-state index contributed by atoms with van der Waals surface area (Å²) >= 11 is 0. The van der Waals surface area contributed by atoms with Crippen LogP contribution >= 0.6 is 0 Å². The molecule has 3 aliphatic rings. The second kappa shape index (κ2) is 6.90. The highest BCUT2D eigenvalue weighted by atomic mass is 35.7. The van der Waals surface area contributed by atoms with E-state index in [1.54, 1.807) is 5.70 Å². The van der Waals surface area contributed by atoms with Crippen LogP contribution in [0.3, 0.4) is 0 Å². The lowest BCUT2D eigenvalue weighted by molar-refractivity contribution is -1.92. The molecule has 7 heteroatoms. The third-order valence-electron chi connectivity index (χ3n) is 5.12. The zero-order chi connectivity index (χ0) is 17.3. The number of anilines is 1. The molecule has 0 radical (unpaired) electrons. The summed E-state index contributed by atoms with van der Waals surface area (Å²) in [5.41, 5.74) is 6.03. The lowest BCUT2D eigenvalue weighted by Crippen LogP contribution is -2.58. The quantitative estimate of drug-likeness (QED) is 0.724. The van der Waals surface area contributed by atoms with Crippen molar-refractivity contribution in [2.45, 2.75) is 38.5 Å². The summed E-state index contributed by atoms with van der Waals surface area (Å²) in [7, 11) is -4.69. The Morgan fingerprint density at radius 3 is 2.62 bits per heavy atom. The number of para-hydroxylation sites is 1. The number of hydrogen-bond donors (Lipinski definition) is 2. The van der Waals surface area contributed by atoms with E-state index in [9.17, 15) is 0 Å². The highest BCUT2D eigenvalue weighted by Crippen LogP contribution is 2.48. The Morgan fingerprint density at radius 1 is 1.21 bits per heavy atom. The minimum absolute atomic E-state index is 0.634. The highest BCUT2D eigenvalue weighted by Gasteiger charge is 2.38. The lowest BCUT2D eigenvalue weighted by atomic mass is 9.82. The number of fused-ring (bicyclic) bond motifs is 4. The van der Waals surface area contributed by atoms with Crippen LogP contribution in [0.25, 0.3) is 0 Å². The van der Waals surface area contributed by atoms with Gasteiger partial charge in [0.15, 0.2) is 0 Å². The molecule has 2 unspecified atom stereocenters. The van der Waals surface area contributed by atoms with E-state index in [-0.39, 0.29) is 0 Å². The van der Waals surface area contributed by atoms with Gasteiger partial charge in [0.2, 0.25) is 0 Å². The summed E-state index contributed by atoms with van der Waals surface area (Å²) in [6, 6.07) is 8.86. The zero-order valence-electron chi connectivity index (χ0n) is 13.7. The number of hydrogen-bond acceptors (Lipinski definition) is 6. The molecule has 1 aromatic carbocycles. The van der Waals surface area contributed by atoms with Crippen molar-refractivity contribution in [3.63, 3.8) is 0 Å². The number of rotatable bonds is 1. The third kappa shape index (κ3) is 3.68. The number of benzene rings is 1. The standard InChI is InChI=1S/C17H22N2.ClHO4/c1-2-12-6-5-10-19-11-9-14-13-7-3-4-8-15(13)18-16(14)17(12)19;2-1(3,4)5/h3-4,7-8,12,14,18H,2,5-6,9-11H2,1H3;(H,2,3,4,5). The highest BCUT2D eigenvalue weighted by molar-refractivity contribution is 5.66. The van der Waals surface area contributed by atoms with Crippen LogP contribution in [-0.2, 0) is 0 Å². The fraction of sp³-hybridized carbons (Fsp3) is 0.529. The predicted molar refractivity (Wildman–Crippen MR) is 81.3 cm³/mol. The van der Waals surface area contributed by atoms with Crippen LogP contribution in [-0.4, -0.2) is 22.6 Å². The van der Waals surface area contributed by atoms with Crippen molar-refractivity contribution in [2.24, 2.45) is 5.92 Å². The van der Waals surface area contributed by atoms with Gasteiger partial charge in [0.05, 0.1) is 14.9 Å². The van der Waals surface area contributed by atoms with Gasteiger partial charge in [-0.3, -0.25) is 0 Å². The molecule has 0 saturated carbocycles. The van der Waals surface area contributed by atoms with Gasteiger partial charge in [-0.15, -0.1) is 0 Å². The van der Waals surface area contributed by atoms with E-state index in [0.29, 0.717) is 5.92 Å². The molecule has 1 aromatic rings. The first-order valence-electron chi connectivity index (χ1n) is 8.36. The molecule has 0 bridgehead atoms. The second-order valence-electron chi connectivity index (χ2n) is 6.48. The predicted octanol–water partition coefficient (Wildman–Crippen LogP) is -0.191. The van der Waals surface area contributed by atoms with Gasteiger partial charge in [0, 0.05) is 42.0 Å². The maximum absolute atomic E-state index is 8.60. The van der Waals surface area contributed by atoms with Crippen LogP contribution in [0.1, 0.15) is 44.1 Å². The van der Waals surface area contributed by atoms with E-state index in [1.807, 2.05) is 0 Å². The fourth-order valence-corrected chi connectivity index (χ4v) is 4.19. The molecule has 3 heterocycles. The second-order valence-corrected chi connectivity index (χ2v) is 7.27. The van der Waals surface area contributed by atoms with Gasteiger partial charge in [-0.2, -0.15) is 14.0 Å². The Labute approximate surface area is 144 Å². The van der Waals surface area contributed by atoms with Gasteiger partial charge in [-0.25, -0.2) is 0 Å². The summed E-state index contributed by atoms with van der Waals surface area (Å²) < 4.78 is 32.7. The van der Waals surface area contributed by atoms with Crippen molar-refractivity contribution in [1.29, 1.82) is 0 Å². The van der Waals surface area contributed by atoms with Crippen molar-refractivity contribution < 1.29 is 28.9 Å². The minimum atomic E-state index is -4.69. The number of allylic oxidation sites excluding steroid dienone is 2. The van der Waals surface area contributed by atoms with Crippen LogP contribution in [0, 0.1) is 16.2 Å². The molecule has 2 N–H and O–H groups in total. The molecule has 0 aromatic heterocycles. The van der Waals surface area contributed by atoms with E-state index in [2.05, 4.69) is 41.4 Å². The van der Waals surface area contributed by atoms with Crippen molar-refractivity contribution in [2.75, 3.05) is 18.4 Å². The van der Waals surface area contributed by atoms with Crippen LogP contribution < -0.4 is 19.3 Å². The zero-order valence-corrected chi connectivity index (χ0v) is 14.5. The van der Waals surface area contributed by atoms with Gasteiger partial charge in [-0.1, -0.05) is 25.1 Å². The topological polar surface area (TPSA) is 105 Å². The molecule has 24 heavy (non-hydrogen) atoms. The number of nitrogens with one attached hydrogen (secondary N) is 1. The smallest absolute Gasteiger partial charge is 0.0777 e. The van der Waals surface area contributed by atoms with Gasteiger partial charge in [0.25, 0.3) is 0 Å². The van der Waals surface area contributed by atoms with E-state index in [1.165, 1.54) is 55.7 Å². The Balaban J connectivity index is 0.000000300. The average Bonchev–Trinajstić information content (AvgIpc) is 2.91. The Hall–Kier alpha value is -1.31. The summed E-state index contributed by atoms with van der Waals surface area (Å²) in [6.07, 6.45) is 5.29. The number of nitrogens with zero attached hydrogens (tertiary/aromatic N) is 1. The van der Waals surface area contributed by atoms with Crippen LogP contribution in [0.2, 0.25) is 0 Å². The van der Waals surface area contributed by atoms with E-state index in [4.69, 9.17) is 18.6 Å². The minimum Gasteiger partial charge on any atom is -0.373 e. The maximum atomic E-state index is 8.60. The molecule has 0 spiro atoms. The van der Waals surface area contributed by atoms with Gasteiger partial charge in [-0.05, 0) is 37.3 Å². The summed E-state index contributed by atoms with van der Waals surface area (Å²) in [5.74, 6) is 1.41. The van der Waals surface area contributed by atoms with Gasteiger partial charge >= 0.3 is 0 Å². The van der Waals surface area contributed by atoms with Crippen molar-refractivity contribution in [1.82, 2.24) is 4.90 Å². The van der Waals surface area contributed by atoms with Crippen LogP contribution in [0.4, 0.5) is 5.69 Å². The first kappa shape index (κ1) is 17.5. The van der Waals surface area contributed by atoms with Crippen LogP contribution in [0.5, 0.6) is 0 Å². The molecule has 1 fully saturated rings. The van der Waals surface area contributed by atoms with Crippen molar-refractivity contribution >= 4 is 5.69 Å². The molecule has 0 aliphatic carbocycles. The first-order chi connectivity index (χ1) is 11.4. The molecule has 1 saturated heterocycles. The number of piperidine rings is 1. The first-order valence-corrected chi connectivity index (χ1v) is 9.63. The molecule has 0 amide bonds. The third-order valence-corrected chi connectivity index (χ3v) is 5.12. The van der Waals surface area contributed by atoms with Gasteiger partial charge in [0.1, 0.15) is 0 Å². The molecule has 3 aliphatic heterocycles. The number of halogens is 1. The Morgan fingerprint density at radius 2 is 1.92 bits per heavy atom. The van der Waals surface area contributed by atoms with Crippen molar-refractivity contribution in [3.8, 4) is 0 Å². The normalized spacial score (nSPS) is 25.1. The molecular formula is C17H23ClN2O4. The van der Waals surface area contributed by atoms with E-state index in [0.717, 1.165) is 5.92 Å². The summed E-state index contributed by atoms with van der Waals surface area (Å²) in [6.45, 7) is 4.85. The Kier molecular flexibility index (Phi) is 5.03. The summed E-state index contributed by atoms with van der Waals surface area (Å²) in [5, 5.41) is 3.74. The molecule has 2 atom stereocenters. The molecular weight excluding hydrogens is 332 g/mol. The fourth-order valence-electron chi connectivity index (χ4n) is 4.19. The van der Waals surface area contributed by atoms with E-state index < -0.39 is 10.2 Å². The SMILES string of the molecule is CCC1CCCN2CCC3C(=C12)Nc1ccccc13.[O-][Cl+3]([O-])([O-])O. The van der Waals surface area contributed by atoms with Crippen LogP contribution in [0.15, 0.2) is 35.7 Å². The molecule has 4 rings (SSSR count). The largest absolute Gasteiger partial charge is 0.373 e. The van der Waals surface area contributed by atoms with Gasteiger partial charge < -0.3 is 10.2 Å². The maximum Gasteiger partial charge on any atom is 0.0777 e. The lowest BCUT2D eigenvalue weighted by Gasteiger charge is -2.42. The average molecular weight is 355 g/mol. The summed E-state index contributed by atoms with van der Waals surface area (Å²) in [4.78, 5) is 2.66.